The summed E-state index contributed by atoms with van der Waals surface area (Å²) in [4.78, 5) is 0. The van der Waals surface area contributed by atoms with Gasteiger partial charge in [-0.25, -0.2) is 0 Å². The second-order valence-electron chi connectivity index (χ2n) is 6.75. The van der Waals surface area contributed by atoms with Gasteiger partial charge < -0.3 is 4.42 Å². The number of rotatable bonds is 0. The van der Waals surface area contributed by atoms with E-state index in [0.717, 1.165) is 15.6 Å². The van der Waals surface area contributed by atoms with Gasteiger partial charge in [0.15, 0.2) is 0 Å². The molecule has 0 aliphatic heterocycles. The molecule has 0 saturated carbocycles. The lowest BCUT2D eigenvalue weighted by molar-refractivity contribution is 0.619. The average Bonchev–Trinajstić information content (AvgIpc) is 3.03. The molecule has 0 amide bonds. The molecule has 0 radical (unpaired) electrons. The van der Waals surface area contributed by atoms with Crippen LogP contribution in [0.4, 0.5) is 0 Å². The predicted octanol–water partition coefficient (Wildman–Crippen LogP) is 6.65. The van der Waals surface area contributed by atoms with Crippen molar-refractivity contribution in [3.05, 3.63) is 70.2 Å². The molecule has 23 heavy (non-hydrogen) atoms. The van der Waals surface area contributed by atoms with Crippen LogP contribution in [0.25, 0.3) is 33.1 Å². The van der Waals surface area contributed by atoms with E-state index in [1.165, 1.54) is 33.0 Å². The van der Waals surface area contributed by atoms with E-state index in [9.17, 15) is 0 Å². The highest BCUT2D eigenvalue weighted by atomic mass is 79.9. The van der Waals surface area contributed by atoms with Crippen molar-refractivity contribution in [1.29, 1.82) is 0 Å². The van der Waals surface area contributed by atoms with Crippen molar-refractivity contribution >= 4 is 37.9 Å². The maximum absolute atomic E-state index is 6.35. The molecule has 4 aromatic rings. The van der Waals surface area contributed by atoms with E-state index in [0.29, 0.717) is 0 Å². The Hall–Kier alpha value is -2.06. The monoisotopic (exact) mass is 362 g/mol. The van der Waals surface area contributed by atoms with Gasteiger partial charge in [-0.1, -0.05) is 56.3 Å². The normalized spacial score (nSPS) is 15.1. The highest BCUT2D eigenvalue weighted by molar-refractivity contribution is 9.10. The third kappa shape index (κ3) is 1.57. The summed E-state index contributed by atoms with van der Waals surface area (Å²) >= 11 is 3.62. The van der Waals surface area contributed by atoms with Crippen molar-refractivity contribution in [1.82, 2.24) is 0 Å². The Morgan fingerprint density at radius 3 is 2.43 bits per heavy atom. The van der Waals surface area contributed by atoms with Gasteiger partial charge in [-0.3, -0.25) is 0 Å². The van der Waals surface area contributed by atoms with Crippen LogP contribution < -0.4 is 0 Å². The Labute approximate surface area is 143 Å². The van der Waals surface area contributed by atoms with E-state index >= 15 is 0 Å². The summed E-state index contributed by atoms with van der Waals surface area (Å²) in [6.45, 7) is 4.58. The quantitative estimate of drug-likeness (QED) is 0.341. The molecule has 0 spiro atoms. The predicted molar refractivity (Wildman–Crippen MR) is 99.0 cm³/mol. The van der Waals surface area contributed by atoms with Crippen LogP contribution in [-0.2, 0) is 5.41 Å². The zero-order valence-corrected chi connectivity index (χ0v) is 14.6. The fraction of sp³-hybridized carbons (Fsp3) is 0.143. The van der Waals surface area contributed by atoms with E-state index in [1.54, 1.807) is 0 Å². The van der Waals surface area contributed by atoms with Gasteiger partial charge in [0.2, 0.25) is 0 Å². The van der Waals surface area contributed by atoms with E-state index in [4.69, 9.17) is 4.42 Å². The Morgan fingerprint density at radius 2 is 1.57 bits per heavy atom. The Kier molecular flexibility index (Phi) is 2.48. The molecule has 0 N–H and O–H groups in total. The molecule has 0 atom stereocenters. The fourth-order valence-electron chi connectivity index (χ4n) is 4.07. The molecule has 0 unspecified atom stereocenters. The number of hydrogen-bond donors (Lipinski definition) is 0. The minimum Gasteiger partial charge on any atom is -0.455 e. The first kappa shape index (κ1) is 13.4. The first-order valence-electron chi connectivity index (χ1n) is 7.83. The molecule has 5 rings (SSSR count). The van der Waals surface area contributed by atoms with Gasteiger partial charge >= 0.3 is 0 Å². The largest absolute Gasteiger partial charge is 0.455 e. The summed E-state index contributed by atoms with van der Waals surface area (Å²) in [6, 6.07) is 19.4. The molecule has 2 heteroatoms. The van der Waals surface area contributed by atoms with Crippen molar-refractivity contribution in [2.45, 2.75) is 19.3 Å². The van der Waals surface area contributed by atoms with Crippen molar-refractivity contribution in [2.24, 2.45) is 0 Å². The molecular formula is C21H15BrO. The number of hydrogen-bond acceptors (Lipinski definition) is 1. The van der Waals surface area contributed by atoms with Gasteiger partial charge in [0.1, 0.15) is 11.2 Å². The number of halogens is 1. The third-order valence-corrected chi connectivity index (χ3v) is 5.76. The Morgan fingerprint density at radius 1 is 0.783 bits per heavy atom. The first-order chi connectivity index (χ1) is 11.1. The van der Waals surface area contributed by atoms with Crippen LogP contribution >= 0.6 is 15.9 Å². The summed E-state index contributed by atoms with van der Waals surface area (Å²) in [5.74, 6) is 0. The maximum Gasteiger partial charge on any atom is 0.149 e. The molecule has 1 nitrogen and oxygen atoms in total. The molecule has 0 bridgehead atoms. The lowest BCUT2D eigenvalue weighted by atomic mass is 9.82. The number of furan rings is 1. The minimum atomic E-state index is -0.0498. The number of fused-ring (bicyclic) bond motifs is 7. The smallest absolute Gasteiger partial charge is 0.149 e. The summed E-state index contributed by atoms with van der Waals surface area (Å²) in [5, 5.41) is 2.37. The van der Waals surface area contributed by atoms with Crippen molar-refractivity contribution in [2.75, 3.05) is 0 Å². The molecule has 0 saturated heterocycles. The minimum absolute atomic E-state index is 0.0498. The summed E-state index contributed by atoms with van der Waals surface area (Å²) in [7, 11) is 0. The van der Waals surface area contributed by atoms with Crippen LogP contribution in [0.3, 0.4) is 0 Å². The first-order valence-corrected chi connectivity index (χ1v) is 8.62. The van der Waals surface area contributed by atoms with Gasteiger partial charge in [0.25, 0.3) is 0 Å². The number of para-hydroxylation sites is 1. The van der Waals surface area contributed by atoms with Gasteiger partial charge in [-0.2, -0.15) is 0 Å². The highest BCUT2D eigenvalue weighted by Crippen LogP contribution is 2.52. The van der Waals surface area contributed by atoms with Crippen LogP contribution in [0, 0.1) is 0 Å². The van der Waals surface area contributed by atoms with Crippen LogP contribution in [0.2, 0.25) is 0 Å². The summed E-state index contributed by atoms with van der Waals surface area (Å²) < 4.78 is 7.35. The van der Waals surface area contributed by atoms with Crippen LogP contribution in [0.5, 0.6) is 0 Å². The second-order valence-corrected chi connectivity index (χ2v) is 7.61. The molecule has 112 valence electrons. The van der Waals surface area contributed by atoms with Gasteiger partial charge in [-0.05, 0) is 44.8 Å². The van der Waals surface area contributed by atoms with E-state index in [-0.39, 0.29) is 5.41 Å². The zero-order valence-electron chi connectivity index (χ0n) is 13.0. The van der Waals surface area contributed by atoms with E-state index < -0.39 is 0 Å². The average molecular weight is 363 g/mol. The Bertz CT molecular complexity index is 1100. The number of benzene rings is 3. The van der Waals surface area contributed by atoms with Gasteiger partial charge in [0.05, 0.1) is 4.47 Å². The molecule has 1 aromatic heterocycles. The highest BCUT2D eigenvalue weighted by Gasteiger charge is 2.38. The van der Waals surface area contributed by atoms with Gasteiger partial charge in [0, 0.05) is 21.8 Å². The van der Waals surface area contributed by atoms with E-state index in [1.807, 2.05) is 6.07 Å². The molecule has 1 heterocycles. The van der Waals surface area contributed by atoms with Gasteiger partial charge in [-0.15, -0.1) is 0 Å². The summed E-state index contributed by atoms with van der Waals surface area (Å²) in [5.41, 5.74) is 7.21. The third-order valence-electron chi connectivity index (χ3n) is 5.13. The lowest BCUT2D eigenvalue weighted by Crippen LogP contribution is -2.15. The van der Waals surface area contributed by atoms with Crippen LogP contribution in [-0.4, -0.2) is 0 Å². The lowest BCUT2D eigenvalue weighted by Gasteiger charge is -2.21. The van der Waals surface area contributed by atoms with Crippen molar-refractivity contribution in [3.8, 4) is 11.1 Å². The molecule has 1 aliphatic rings. The zero-order chi connectivity index (χ0) is 15.8. The molecule has 0 fully saturated rings. The Balaban J connectivity index is 1.99. The molecule has 3 aromatic carbocycles. The van der Waals surface area contributed by atoms with E-state index in [2.05, 4.69) is 78.3 Å². The standard InChI is InChI=1S/C21H15BrO/c1-21(2)16-8-4-3-6-12(16)13-10-11-15-14-7-5-9-17(22)19(14)23-20(15)18(13)21/h3-11H,1-2H3. The SMILES string of the molecule is CC1(C)c2ccccc2-c2ccc3c(oc4c(Br)cccc43)c21. The topological polar surface area (TPSA) is 13.1 Å². The fourth-order valence-corrected chi connectivity index (χ4v) is 4.52. The van der Waals surface area contributed by atoms with Crippen molar-refractivity contribution in [3.63, 3.8) is 0 Å². The van der Waals surface area contributed by atoms with Crippen LogP contribution in [0.1, 0.15) is 25.0 Å². The second kappa shape index (κ2) is 4.27. The molecular weight excluding hydrogens is 348 g/mol. The van der Waals surface area contributed by atoms with Crippen molar-refractivity contribution < 1.29 is 4.42 Å². The maximum atomic E-state index is 6.35. The van der Waals surface area contributed by atoms with Crippen LogP contribution in [0.15, 0.2) is 63.5 Å². The summed E-state index contributed by atoms with van der Waals surface area (Å²) in [6.07, 6.45) is 0. The molecule has 1 aliphatic carbocycles.